The van der Waals surface area contributed by atoms with Crippen LogP contribution < -0.4 is 4.74 Å². The zero-order valence-electron chi connectivity index (χ0n) is 14.2. The molecular formula is C21H24O3. The van der Waals surface area contributed by atoms with Gasteiger partial charge in [0, 0.05) is 5.56 Å². The smallest absolute Gasteiger partial charge is 0.310 e. The number of para-hydroxylation sites is 1. The summed E-state index contributed by atoms with van der Waals surface area (Å²) in [4.78, 5) is 11.5. The van der Waals surface area contributed by atoms with Crippen molar-refractivity contribution in [1.29, 1.82) is 0 Å². The maximum absolute atomic E-state index is 11.5. The van der Waals surface area contributed by atoms with Gasteiger partial charge in [-0.05, 0) is 42.7 Å². The van der Waals surface area contributed by atoms with Gasteiger partial charge in [-0.15, -0.1) is 0 Å². The Labute approximate surface area is 143 Å². The summed E-state index contributed by atoms with van der Waals surface area (Å²) >= 11 is 0. The van der Waals surface area contributed by atoms with E-state index < -0.39 is 11.9 Å². The lowest BCUT2D eigenvalue weighted by molar-refractivity contribution is -0.138. The zero-order chi connectivity index (χ0) is 17.1. The van der Waals surface area contributed by atoms with Crippen LogP contribution in [-0.2, 0) is 11.4 Å². The highest BCUT2D eigenvalue weighted by Crippen LogP contribution is 2.46. The van der Waals surface area contributed by atoms with Crippen molar-refractivity contribution in [3.63, 3.8) is 0 Å². The normalized spacial score (nSPS) is 16.4. The van der Waals surface area contributed by atoms with Crippen LogP contribution in [0.4, 0.5) is 0 Å². The van der Waals surface area contributed by atoms with Crippen LogP contribution in [0.15, 0.2) is 48.5 Å². The third-order valence-corrected chi connectivity index (χ3v) is 4.96. The van der Waals surface area contributed by atoms with Crippen molar-refractivity contribution in [3.8, 4) is 5.75 Å². The molecule has 1 N–H and O–H groups in total. The van der Waals surface area contributed by atoms with Gasteiger partial charge in [0.25, 0.3) is 0 Å². The molecule has 0 aromatic heterocycles. The molecule has 0 spiro atoms. The van der Waals surface area contributed by atoms with Gasteiger partial charge >= 0.3 is 5.97 Å². The summed E-state index contributed by atoms with van der Waals surface area (Å²) in [6.45, 7) is 4.39. The van der Waals surface area contributed by atoms with Gasteiger partial charge in [-0.3, -0.25) is 4.79 Å². The van der Waals surface area contributed by atoms with Crippen molar-refractivity contribution in [1.82, 2.24) is 0 Å². The minimum Gasteiger partial charge on any atom is -0.488 e. The Morgan fingerprint density at radius 1 is 1.08 bits per heavy atom. The highest BCUT2D eigenvalue weighted by Gasteiger charge is 2.32. The molecule has 0 amide bonds. The molecule has 0 saturated heterocycles. The van der Waals surface area contributed by atoms with Crippen molar-refractivity contribution >= 4 is 5.97 Å². The minimum absolute atomic E-state index is 0.400. The second-order valence-corrected chi connectivity index (χ2v) is 6.73. The van der Waals surface area contributed by atoms with Crippen LogP contribution >= 0.6 is 0 Å². The fourth-order valence-corrected chi connectivity index (χ4v) is 3.15. The van der Waals surface area contributed by atoms with Crippen LogP contribution in [0.1, 0.15) is 55.2 Å². The molecule has 24 heavy (non-hydrogen) atoms. The van der Waals surface area contributed by atoms with Crippen LogP contribution in [0.3, 0.4) is 0 Å². The topological polar surface area (TPSA) is 46.5 Å². The van der Waals surface area contributed by atoms with Gasteiger partial charge in [-0.2, -0.15) is 0 Å². The number of carboxylic acids is 1. The Morgan fingerprint density at radius 3 is 2.38 bits per heavy atom. The zero-order valence-corrected chi connectivity index (χ0v) is 14.2. The lowest BCUT2D eigenvalue weighted by atomic mass is 9.90. The van der Waals surface area contributed by atoms with Crippen LogP contribution in [0.25, 0.3) is 0 Å². The third kappa shape index (κ3) is 3.61. The molecule has 0 radical (unpaired) electrons. The number of rotatable bonds is 7. The molecule has 2 aromatic rings. The highest BCUT2D eigenvalue weighted by atomic mass is 16.5. The number of carbonyl (C=O) groups is 1. The number of benzene rings is 2. The first-order valence-corrected chi connectivity index (χ1v) is 8.60. The quantitative estimate of drug-likeness (QED) is 0.782. The molecule has 0 aliphatic heterocycles. The summed E-state index contributed by atoms with van der Waals surface area (Å²) in [7, 11) is 0. The van der Waals surface area contributed by atoms with E-state index >= 15 is 0 Å². The molecule has 2 aromatic carbocycles. The summed E-state index contributed by atoms with van der Waals surface area (Å²) in [5.41, 5.74) is 2.99. The molecule has 3 heteroatoms. The van der Waals surface area contributed by atoms with Gasteiger partial charge in [0.15, 0.2) is 0 Å². The summed E-state index contributed by atoms with van der Waals surface area (Å²) in [5.74, 6) is 0.449. The van der Waals surface area contributed by atoms with Crippen LogP contribution in [0.2, 0.25) is 0 Å². The largest absolute Gasteiger partial charge is 0.488 e. The number of carboxylic acid groups (broad SMARTS) is 1. The maximum atomic E-state index is 11.5. The van der Waals surface area contributed by atoms with Crippen LogP contribution in [-0.4, -0.2) is 11.1 Å². The first kappa shape index (κ1) is 16.6. The molecule has 0 bridgehead atoms. The maximum Gasteiger partial charge on any atom is 0.310 e. The molecule has 2 atom stereocenters. The third-order valence-electron chi connectivity index (χ3n) is 4.96. The van der Waals surface area contributed by atoms with E-state index in [1.54, 1.807) is 6.92 Å². The number of hydrogen-bond donors (Lipinski definition) is 1. The lowest BCUT2D eigenvalue weighted by Crippen LogP contribution is -2.12. The molecule has 3 nitrogen and oxygen atoms in total. The van der Waals surface area contributed by atoms with E-state index in [1.807, 2.05) is 42.5 Å². The van der Waals surface area contributed by atoms with E-state index in [0.717, 1.165) is 22.4 Å². The fraction of sp³-hybridized carbons (Fsp3) is 0.381. The second kappa shape index (κ2) is 7.08. The van der Waals surface area contributed by atoms with Crippen molar-refractivity contribution in [2.45, 2.75) is 45.1 Å². The fourth-order valence-electron chi connectivity index (χ4n) is 3.15. The Kier molecular flexibility index (Phi) is 4.89. The molecular weight excluding hydrogens is 300 g/mol. The number of aliphatic carboxylic acids is 1. The SMILES string of the molecule is CC(C(=O)O)c1cccc(C(C)C2CC2)c1OCc1ccccc1. The van der Waals surface area contributed by atoms with Crippen molar-refractivity contribution < 1.29 is 14.6 Å². The summed E-state index contributed by atoms with van der Waals surface area (Å²) < 4.78 is 6.16. The molecule has 1 aliphatic rings. The van der Waals surface area contributed by atoms with Crippen LogP contribution in [0.5, 0.6) is 5.75 Å². The average molecular weight is 324 g/mol. The Bertz CT molecular complexity index is 704. The molecule has 1 saturated carbocycles. The minimum atomic E-state index is -0.823. The van der Waals surface area contributed by atoms with Gasteiger partial charge in [-0.1, -0.05) is 55.5 Å². The highest BCUT2D eigenvalue weighted by molar-refractivity contribution is 5.77. The molecule has 0 heterocycles. The Morgan fingerprint density at radius 2 is 1.75 bits per heavy atom. The van der Waals surface area contributed by atoms with Gasteiger partial charge in [0.2, 0.25) is 0 Å². The first-order valence-electron chi connectivity index (χ1n) is 8.60. The number of ether oxygens (including phenoxy) is 1. The van der Waals surface area contributed by atoms with Crippen molar-refractivity contribution in [3.05, 3.63) is 65.2 Å². The number of hydrogen-bond acceptors (Lipinski definition) is 2. The average Bonchev–Trinajstić information content (AvgIpc) is 3.44. The molecule has 3 rings (SSSR count). The predicted octanol–water partition coefficient (Wildman–Crippen LogP) is 4.97. The van der Waals surface area contributed by atoms with Crippen LogP contribution in [0, 0.1) is 5.92 Å². The van der Waals surface area contributed by atoms with E-state index in [4.69, 9.17) is 4.74 Å². The van der Waals surface area contributed by atoms with E-state index in [1.165, 1.54) is 12.8 Å². The van der Waals surface area contributed by atoms with E-state index in [0.29, 0.717) is 18.4 Å². The summed E-state index contributed by atoms with van der Waals surface area (Å²) in [5, 5.41) is 9.44. The Hall–Kier alpha value is -2.29. The first-order chi connectivity index (χ1) is 11.6. The second-order valence-electron chi connectivity index (χ2n) is 6.73. The van der Waals surface area contributed by atoms with E-state index in [-0.39, 0.29) is 0 Å². The summed E-state index contributed by atoms with van der Waals surface area (Å²) in [6.07, 6.45) is 2.50. The Balaban J connectivity index is 1.93. The molecule has 2 unspecified atom stereocenters. The van der Waals surface area contributed by atoms with Gasteiger partial charge in [-0.25, -0.2) is 0 Å². The molecule has 1 fully saturated rings. The van der Waals surface area contributed by atoms with Crippen molar-refractivity contribution in [2.75, 3.05) is 0 Å². The molecule has 1 aliphatic carbocycles. The lowest BCUT2D eigenvalue weighted by Gasteiger charge is -2.21. The van der Waals surface area contributed by atoms with Gasteiger partial charge in [0.1, 0.15) is 12.4 Å². The standard InChI is InChI=1S/C21H24O3/c1-14(17-11-12-17)18-9-6-10-19(15(2)21(22)23)20(18)24-13-16-7-4-3-5-8-16/h3-10,14-15,17H,11-13H2,1-2H3,(H,22,23). The van der Waals surface area contributed by atoms with Crippen molar-refractivity contribution in [2.24, 2.45) is 5.92 Å². The van der Waals surface area contributed by atoms with E-state index in [2.05, 4.69) is 13.0 Å². The monoisotopic (exact) mass is 324 g/mol. The predicted molar refractivity (Wildman–Crippen MR) is 94.4 cm³/mol. The summed E-state index contributed by atoms with van der Waals surface area (Å²) in [6, 6.07) is 15.9. The molecule has 126 valence electrons. The van der Waals surface area contributed by atoms with Gasteiger partial charge in [0.05, 0.1) is 5.92 Å². The van der Waals surface area contributed by atoms with E-state index in [9.17, 15) is 9.90 Å². The van der Waals surface area contributed by atoms with Gasteiger partial charge < -0.3 is 9.84 Å².